The Hall–Kier alpha value is -3.84. The molecule has 1 amide bonds. The molecule has 38 heavy (non-hydrogen) atoms. The number of carbonyl (C=O) groups excluding carboxylic acids is 1. The molecule has 0 unspecified atom stereocenters. The van der Waals surface area contributed by atoms with Crippen LogP contribution in [-0.4, -0.2) is 41.9 Å². The van der Waals surface area contributed by atoms with Crippen molar-refractivity contribution in [3.8, 4) is 17.1 Å². The third-order valence-corrected chi connectivity index (χ3v) is 6.60. The Morgan fingerprint density at radius 1 is 1.11 bits per heavy atom. The van der Waals surface area contributed by atoms with Crippen molar-refractivity contribution < 1.29 is 35.5 Å². The smallest absolute Gasteiger partial charge is 0.406 e. The fourth-order valence-electron chi connectivity index (χ4n) is 3.52. The van der Waals surface area contributed by atoms with Gasteiger partial charge in [-0.15, -0.1) is 13.2 Å². The second-order valence-electron chi connectivity index (χ2n) is 8.13. The van der Waals surface area contributed by atoms with E-state index in [1.54, 1.807) is 18.2 Å². The second-order valence-corrected chi connectivity index (χ2v) is 10.6. The molecule has 0 saturated carbocycles. The predicted octanol–water partition coefficient (Wildman–Crippen LogP) is 5.28. The van der Waals surface area contributed by atoms with Crippen LogP contribution < -0.4 is 10.1 Å². The predicted molar refractivity (Wildman–Crippen MR) is 130 cm³/mol. The van der Waals surface area contributed by atoms with E-state index in [1.807, 2.05) is 0 Å². The molecule has 1 N–H and O–H groups in total. The number of hydrogen-bond donors (Lipinski definition) is 1. The van der Waals surface area contributed by atoms with E-state index >= 15 is 0 Å². The summed E-state index contributed by atoms with van der Waals surface area (Å²) in [7, 11) is -4.00. The molecular weight excluding hydrogens is 552 g/mol. The molecule has 0 bridgehead atoms. The van der Waals surface area contributed by atoms with Crippen LogP contribution in [-0.2, 0) is 9.84 Å². The number of carbonyl (C=O) groups is 1. The molecule has 4 aromatic rings. The van der Waals surface area contributed by atoms with E-state index in [0.717, 1.165) is 30.7 Å². The van der Waals surface area contributed by atoms with E-state index in [-0.39, 0.29) is 22.1 Å². The highest BCUT2D eigenvalue weighted by molar-refractivity contribution is 7.90. The van der Waals surface area contributed by atoms with Gasteiger partial charge in [0.25, 0.3) is 5.91 Å². The number of fused-ring (bicyclic) bond motifs is 1. The second kappa shape index (κ2) is 10.1. The molecule has 0 aliphatic carbocycles. The summed E-state index contributed by atoms with van der Waals surface area (Å²) in [6, 6.07) is 8.82. The average Bonchev–Trinajstić information content (AvgIpc) is 2.82. The van der Waals surface area contributed by atoms with E-state index in [1.165, 1.54) is 13.0 Å². The standard InChI is InChI=1S/C24H17ClF4N4O4S/c1-12(31-23(34)13-8-15(37-24(27,28)29)10-16(9-13)38(2,35)36)20-22(18-7-6-14(26)11-30-18)32-19-5-3-4-17(25)21(19)33-20/h3-12H,1-2H3,(H,31,34)/t12-/m0/s1. The maximum atomic E-state index is 13.5. The van der Waals surface area contributed by atoms with Gasteiger partial charge in [-0.2, -0.15) is 0 Å². The first-order valence-corrected chi connectivity index (χ1v) is 13.0. The molecule has 4 rings (SSSR count). The van der Waals surface area contributed by atoms with Gasteiger partial charge >= 0.3 is 6.36 Å². The number of sulfone groups is 1. The van der Waals surface area contributed by atoms with Crippen LogP contribution in [0.15, 0.2) is 59.6 Å². The molecular formula is C24H17ClF4N4O4S. The number of ether oxygens (including phenoxy) is 1. The van der Waals surface area contributed by atoms with E-state index in [2.05, 4.69) is 25.0 Å². The molecule has 2 heterocycles. The Morgan fingerprint density at radius 2 is 1.84 bits per heavy atom. The van der Waals surface area contributed by atoms with Gasteiger partial charge in [-0.25, -0.2) is 22.8 Å². The van der Waals surface area contributed by atoms with Crippen LogP contribution in [0.25, 0.3) is 22.4 Å². The maximum absolute atomic E-state index is 13.5. The summed E-state index contributed by atoms with van der Waals surface area (Å²) in [5.41, 5.74) is 0.887. The van der Waals surface area contributed by atoms with Gasteiger partial charge in [0.15, 0.2) is 9.84 Å². The van der Waals surface area contributed by atoms with Gasteiger partial charge in [-0.1, -0.05) is 17.7 Å². The van der Waals surface area contributed by atoms with Crippen molar-refractivity contribution in [2.45, 2.75) is 24.2 Å². The van der Waals surface area contributed by atoms with E-state index < -0.39 is 50.2 Å². The first-order chi connectivity index (χ1) is 17.7. The number of nitrogens with zero attached hydrogens (tertiary/aromatic N) is 3. The Labute approximate surface area is 218 Å². The number of halogens is 5. The fourth-order valence-corrected chi connectivity index (χ4v) is 4.40. The molecule has 2 aromatic carbocycles. The fraction of sp³-hybridized carbons (Fsp3) is 0.167. The minimum Gasteiger partial charge on any atom is -0.406 e. The molecule has 1 atom stereocenters. The summed E-state index contributed by atoms with van der Waals surface area (Å²) < 4.78 is 79.8. The zero-order valence-electron chi connectivity index (χ0n) is 19.5. The van der Waals surface area contributed by atoms with Crippen molar-refractivity contribution in [3.63, 3.8) is 0 Å². The van der Waals surface area contributed by atoms with Gasteiger partial charge in [0.05, 0.1) is 39.1 Å². The van der Waals surface area contributed by atoms with Crippen LogP contribution in [0.5, 0.6) is 5.75 Å². The Morgan fingerprint density at radius 3 is 2.47 bits per heavy atom. The monoisotopic (exact) mass is 568 g/mol. The minimum atomic E-state index is -5.12. The van der Waals surface area contributed by atoms with Crippen molar-refractivity contribution in [3.05, 3.63) is 76.8 Å². The van der Waals surface area contributed by atoms with Crippen LogP contribution in [0.3, 0.4) is 0 Å². The molecule has 0 radical (unpaired) electrons. The van der Waals surface area contributed by atoms with Crippen LogP contribution in [0.4, 0.5) is 17.6 Å². The summed E-state index contributed by atoms with van der Waals surface area (Å²) in [5.74, 6) is -2.39. The number of amides is 1. The molecule has 0 aliphatic rings. The first kappa shape index (κ1) is 27.2. The molecule has 0 saturated heterocycles. The van der Waals surface area contributed by atoms with Crippen molar-refractivity contribution in [1.82, 2.24) is 20.3 Å². The Bertz CT molecular complexity index is 1650. The van der Waals surface area contributed by atoms with E-state index in [4.69, 9.17) is 11.6 Å². The van der Waals surface area contributed by atoms with Crippen LogP contribution in [0.2, 0.25) is 5.02 Å². The lowest BCUT2D eigenvalue weighted by Crippen LogP contribution is -2.28. The molecule has 0 aliphatic heterocycles. The lowest BCUT2D eigenvalue weighted by Gasteiger charge is -2.18. The zero-order chi connectivity index (χ0) is 27.8. The van der Waals surface area contributed by atoms with E-state index in [0.29, 0.717) is 17.1 Å². The van der Waals surface area contributed by atoms with Crippen molar-refractivity contribution >= 4 is 38.4 Å². The minimum absolute atomic E-state index is 0.170. The summed E-state index contributed by atoms with van der Waals surface area (Å²) in [6.07, 6.45) is -3.36. The Balaban J connectivity index is 1.77. The highest BCUT2D eigenvalue weighted by Crippen LogP contribution is 2.30. The zero-order valence-corrected chi connectivity index (χ0v) is 21.1. The van der Waals surface area contributed by atoms with Gasteiger partial charge in [-0.05, 0) is 49.4 Å². The number of rotatable bonds is 6. The number of nitrogens with one attached hydrogen (secondary N) is 1. The van der Waals surface area contributed by atoms with Gasteiger partial charge in [-0.3, -0.25) is 9.78 Å². The summed E-state index contributed by atoms with van der Waals surface area (Å²) in [4.78, 5) is 25.6. The third-order valence-electron chi connectivity index (χ3n) is 5.20. The van der Waals surface area contributed by atoms with Crippen LogP contribution in [0, 0.1) is 5.82 Å². The average molecular weight is 569 g/mol. The number of hydrogen-bond acceptors (Lipinski definition) is 7. The van der Waals surface area contributed by atoms with Crippen molar-refractivity contribution in [2.75, 3.05) is 6.26 Å². The van der Waals surface area contributed by atoms with Crippen LogP contribution in [0.1, 0.15) is 29.0 Å². The normalized spacial score (nSPS) is 12.8. The molecule has 198 valence electrons. The number of alkyl halides is 3. The number of benzene rings is 2. The highest BCUT2D eigenvalue weighted by Gasteiger charge is 2.32. The number of aromatic nitrogens is 3. The largest absolute Gasteiger partial charge is 0.573 e. The lowest BCUT2D eigenvalue weighted by atomic mass is 10.1. The molecule has 0 spiro atoms. The van der Waals surface area contributed by atoms with Crippen molar-refractivity contribution in [2.24, 2.45) is 0 Å². The summed E-state index contributed by atoms with van der Waals surface area (Å²) >= 11 is 6.27. The topological polar surface area (TPSA) is 111 Å². The molecule has 8 nitrogen and oxygen atoms in total. The summed E-state index contributed by atoms with van der Waals surface area (Å²) in [6.45, 7) is 1.52. The number of para-hydroxylation sites is 1. The lowest BCUT2D eigenvalue weighted by molar-refractivity contribution is -0.274. The Kier molecular flexibility index (Phi) is 7.26. The SMILES string of the molecule is C[C@H](NC(=O)c1cc(OC(F)(F)F)cc(S(C)(=O)=O)c1)c1nc2c(Cl)cccc2nc1-c1ccc(F)cn1. The van der Waals surface area contributed by atoms with Crippen molar-refractivity contribution in [1.29, 1.82) is 0 Å². The molecule has 14 heteroatoms. The van der Waals surface area contributed by atoms with Gasteiger partial charge in [0.2, 0.25) is 0 Å². The van der Waals surface area contributed by atoms with Gasteiger partial charge in [0.1, 0.15) is 22.8 Å². The quantitative estimate of drug-likeness (QED) is 0.315. The molecule has 0 fully saturated rings. The first-order valence-electron chi connectivity index (χ1n) is 10.7. The highest BCUT2D eigenvalue weighted by atomic mass is 35.5. The summed E-state index contributed by atoms with van der Waals surface area (Å²) in [5, 5.41) is 2.84. The van der Waals surface area contributed by atoms with Gasteiger partial charge < -0.3 is 10.1 Å². The maximum Gasteiger partial charge on any atom is 0.573 e. The number of pyridine rings is 1. The molecule has 2 aromatic heterocycles. The van der Waals surface area contributed by atoms with E-state index in [9.17, 15) is 30.8 Å². The third kappa shape index (κ3) is 6.17. The van der Waals surface area contributed by atoms with Gasteiger partial charge in [0, 0.05) is 11.8 Å². The van der Waals surface area contributed by atoms with Crippen LogP contribution >= 0.6 is 11.6 Å².